The Hall–Kier alpha value is -2.95. The molecule has 7 atom stereocenters. The van der Waals surface area contributed by atoms with Crippen molar-refractivity contribution in [3.63, 3.8) is 0 Å². The van der Waals surface area contributed by atoms with E-state index in [2.05, 4.69) is 44.8 Å². The summed E-state index contributed by atoms with van der Waals surface area (Å²) in [6.45, 7) is 15.9. The first-order chi connectivity index (χ1) is 23.9. The molecule has 1 fully saturated rings. The summed E-state index contributed by atoms with van der Waals surface area (Å²) in [4.78, 5) is 61.8. The highest BCUT2D eigenvalue weighted by Gasteiger charge is 2.38. The van der Waals surface area contributed by atoms with Gasteiger partial charge in [0.2, 0.25) is 5.91 Å². The number of hydrogen-bond donors (Lipinski definition) is 1. The van der Waals surface area contributed by atoms with E-state index in [1.165, 1.54) is 11.3 Å². The number of ether oxygens (including phenoxy) is 1. The summed E-state index contributed by atoms with van der Waals surface area (Å²) in [7, 11) is 2.02. The third-order valence-electron chi connectivity index (χ3n) is 10.4. The fraction of sp³-hybridized carbons (Fsp3) is 0.675. The molecule has 1 aromatic heterocycles. The summed E-state index contributed by atoms with van der Waals surface area (Å²) in [6, 6.07) is 9.47. The van der Waals surface area contributed by atoms with Gasteiger partial charge < -0.3 is 19.7 Å². The molecule has 1 aliphatic rings. The molecule has 1 unspecified atom stereocenters. The fourth-order valence-electron chi connectivity index (χ4n) is 7.07. The molecule has 1 aromatic carbocycles. The molecule has 0 bridgehead atoms. The molecule has 3 rings (SSSR count). The predicted octanol–water partition coefficient (Wildman–Crippen LogP) is 7.16. The van der Waals surface area contributed by atoms with Gasteiger partial charge in [-0.15, -0.1) is 11.3 Å². The number of amides is 2. The van der Waals surface area contributed by atoms with E-state index in [-0.39, 0.29) is 72.5 Å². The summed E-state index contributed by atoms with van der Waals surface area (Å²) in [5.41, 5.74) is 1.45. The van der Waals surface area contributed by atoms with Crippen molar-refractivity contribution in [3.05, 3.63) is 52.0 Å². The summed E-state index contributed by atoms with van der Waals surface area (Å²) in [6.07, 6.45) is 6.78. The van der Waals surface area contributed by atoms with Crippen LogP contribution in [-0.2, 0) is 25.5 Å². The number of carbonyl (C=O) groups excluding carboxylic acids is 4. The van der Waals surface area contributed by atoms with Crippen molar-refractivity contribution in [1.29, 1.82) is 0 Å². The van der Waals surface area contributed by atoms with Crippen LogP contribution >= 0.6 is 11.3 Å². The lowest BCUT2D eigenvalue weighted by Crippen LogP contribution is -2.50. The normalized spacial score (nSPS) is 18.9. The number of piperidine rings is 1. The van der Waals surface area contributed by atoms with Crippen LogP contribution < -0.4 is 5.32 Å². The third-order valence-corrected chi connectivity index (χ3v) is 11.5. The van der Waals surface area contributed by atoms with Crippen molar-refractivity contribution >= 4 is 35.2 Å². The van der Waals surface area contributed by atoms with Gasteiger partial charge in [-0.2, -0.15) is 0 Å². The second kappa shape index (κ2) is 20.8. The van der Waals surface area contributed by atoms with Gasteiger partial charge in [0.25, 0.3) is 5.91 Å². The molecule has 0 saturated carbocycles. The smallest absolute Gasteiger partial charge is 0.270 e. The first kappa shape index (κ1) is 41.5. The molecule has 2 heterocycles. The Labute approximate surface area is 304 Å². The monoisotopic (exact) mass is 710 g/mol. The molecule has 1 aliphatic heterocycles. The summed E-state index contributed by atoms with van der Waals surface area (Å²) >= 11 is 1.45. The number of hydrogen-bond acceptors (Lipinski definition) is 8. The van der Waals surface area contributed by atoms with Crippen molar-refractivity contribution in [1.82, 2.24) is 20.1 Å². The van der Waals surface area contributed by atoms with Crippen molar-refractivity contribution in [2.45, 2.75) is 124 Å². The lowest BCUT2D eigenvalue weighted by Gasteiger charge is -2.39. The molecule has 9 nitrogen and oxygen atoms in total. The molecule has 50 heavy (non-hydrogen) atoms. The van der Waals surface area contributed by atoms with Gasteiger partial charge in [0.05, 0.1) is 11.0 Å². The van der Waals surface area contributed by atoms with Gasteiger partial charge >= 0.3 is 0 Å². The highest BCUT2D eigenvalue weighted by Crippen LogP contribution is 2.32. The van der Waals surface area contributed by atoms with E-state index in [0.717, 1.165) is 49.1 Å². The first-order valence-corrected chi connectivity index (χ1v) is 19.6. The molecule has 1 N–H and O–H groups in total. The van der Waals surface area contributed by atoms with Crippen LogP contribution in [0.1, 0.15) is 120 Å². The van der Waals surface area contributed by atoms with Gasteiger partial charge in [0.1, 0.15) is 18.7 Å². The molecule has 278 valence electrons. The molecule has 0 spiro atoms. The molecular weight excluding hydrogens is 649 g/mol. The second-order valence-corrected chi connectivity index (χ2v) is 15.7. The van der Waals surface area contributed by atoms with Crippen molar-refractivity contribution in [2.24, 2.45) is 23.7 Å². The number of benzene rings is 1. The number of aromatic nitrogens is 1. The van der Waals surface area contributed by atoms with Crippen LogP contribution in [0, 0.1) is 23.7 Å². The Morgan fingerprint density at radius 3 is 2.42 bits per heavy atom. The average Bonchev–Trinajstić information content (AvgIpc) is 3.61. The zero-order chi connectivity index (χ0) is 36.8. The van der Waals surface area contributed by atoms with Crippen LogP contribution in [0.25, 0.3) is 0 Å². The van der Waals surface area contributed by atoms with Gasteiger partial charge in [-0.1, -0.05) is 84.7 Å². The number of ketones is 1. The Kier molecular flexibility index (Phi) is 17.2. The summed E-state index contributed by atoms with van der Waals surface area (Å²) in [5.74, 6) is -0.554. The maximum atomic E-state index is 14.5. The van der Waals surface area contributed by atoms with E-state index < -0.39 is 5.92 Å². The maximum Gasteiger partial charge on any atom is 0.270 e. The van der Waals surface area contributed by atoms with Crippen LogP contribution in [0.4, 0.5) is 0 Å². The van der Waals surface area contributed by atoms with Crippen molar-refractivity contribution < 1.29 is 23.9 Å². The van der Waals surface area contributed by atoms with Crippen LogP contribution in [0.15, 0.2) is 35.7 Å². The minimum atomic E-state index is -0.416. The highest BCUT2D eigenvalue weighted by molar-refractivity contribution is 7.09. The Morgan fingerprint density at radius 2 is 1.80 bits per heavy atom. The van der Waals surface area contributed by atoms with Gasteiger partial charge in [-0.3, -0.25) is 19.3 Å². The summed E-state index contributed by atoms with van der Waals surface area (Å²) in [5, 5.41) is 5.76. The average molecular weight is 711 g/mol. The number of Topliss-reactive ketones (excluding diaryl/α,β-unsaturated/α-hetero) is 1. The van der Waals surface area contributed by atoms with Crippen LogP contribution in [0.5, 0.6) is 0 Å². The standard InChI is InChI=1S/C40H62N4O5S/c1-9-29(6)33(23-37(46)35-18-14-15-19-43(35)8)40(48)44(26-49-10-2)36(27(3)4)21-30(7)39-42-34(25-50-39)38(47)41-32(20-28(5)24-45)22-31-16-12-11-13-17-31/h11-13,16-17,24-25,27-30,32-33,35-36H,9-10,14-15,18-23,26H2,1-8H3,(H,41,47)/t28-,29?,30+,32+,33-,35+,36+/m0/s1. The Balaban J connectivity index is 1.78. The Bertz CT molecular complexity index is 1350. The molecule has 1 saturated heterocycles. The van der Waals surface area contributed by atoms with E-state index in [0.29, 0.717) is 31.6 Å². The third kappa shape index (κ3) is 12.1. The maximum absolute atomic E-state index is 14.5. The highest BCUT2D eigenvalue weighted by atomic mass is 32.1. The number of rotatable bonds is 21. The Morgan fingerprint density at radius 1 is 1.08 bits per heavy atom. The van der Waals surface area contributed by atoms with Crippen LogP contribution in [-0.4, -0.2) is 83.7 Å². The van der Waals surface area contributed by atoms with E-state index in [9.17, 15) is 19.2 Å². The minimum Gasteiger partial charge on any atom is -0.361 e. The van der Waals surface area contributed by atoms with E-state index in [1.54, 1.807) is 5.38 Å². The number of likely N-dealkylation sites (N-methyl/N-ethyl adjacent to an activating group) is 1. The number of nitrogens with zero attached hydrogens (tertiary/aromatic N) is 3. The minimum absolute atomic E-state index is 0.0151. The second-order valence-electron chi connectivity index (χ2n) is 14.8. The molecule has 2 amide bonds. The number of aldehydes is 1. The van der Waals surface area contributed by atoms with Gasteiger partial charge in [-0.25, -0.2) is 4.98 Å². The zero-order valence-corrected chi connectivity index (χ0v) is 32.5. The molecule has 0 radical (unpaired) electrons. The zero-order valence-electron chi connectivity index (χ0n) is 31.7. The lowest BCUT2D eigenvalue weighted by molar-refractivity contribution is -0.150. The predicted molar refractivity (Wildman–Crippen MR) is 201 cm³/mol. The largest absolute Gasteiger partial charge is 0.361 e. The molecular formula is C40H62N4O5S. The number of nitrogens with one attached hydrogen (secondary N) is 1. The van der Waals surface area contributed by atoms with E-state index in [4.69, 9.17) is 9.72 Å². The molecule has 0 aliphatic carbocycles. The van der Waals surface area contributed by atoms with Gasteiger partial charge in [0.15, 0.2) is 5.78 Å². The number of likely N-dealkylation sites (tertiary alicyclic amines) is 1. The quantitative estimate of drug-likeness (QED) is 0.108. The van der Waals surface area contributed by atoms with Crippen LogP contribution in [0.2, 0.25) is 0 Å². The summed E-state index contributed by atoms with van der Waals surface area (Å²) < 4.78 is 5.91. The topological polar surface area (TPSA) is 109 Å². The van der Waals surface area contributed by atoms with E-state index >= 15 is 0 Å². The van der Waals surface area contributed by atoms with Crippen molar-refractivity contribution in [2.75, 3.05) is 26.9 Å². The SMILES string of the molecule is CCOCN(C(=O)[C@@H](CC(=O)[C@H]1CCCCN1C)C(C)CC)[C@H](C[C@@H](C)c1nc(C(=O)N[C@@H](Cc2ccccc2)C[C@H](C)C=O)cs1)C(C)C. The molecule has 2 aromatic rings. The molecule has 10 heteroatoms. The van der Waals surface area contributed by atoms with Gasteiger partial charge in [-0.05, 0) is 70.0 Å². The fourth-order valence-corrected chi connectivity index (χ4v) is 7.94. The lowest BCUT2D eigenvalue weighted by atomic mass is 9.82. The van der Waals surface area contributed by atoms with E-state index in [1.807, 2.05) is 56.1 Å². The van der Waals surface area contributed by atoms with Crippen LogP contribution in [0.3, 0.4) is 0 Å². The van der Waals surface area contributed by atoms with Crippen molar-refractivity contribution in [3.8, 4) is 0 Å². The number of thiazole rings is 1. The first-order valence-electron chi connectivity index (χ1n) is 18.8. The number of carbonyl (C=O) groups is 4. The van der Waals surface area contributed by atoms with Gasteiger partial charge in [0, 0.05) is 48.2 Å².